The van der Waals surface area contributed by atoms with Crippen molar-refractivity contribution in [2.45, 2.75) is 38.1 Å². The minimum absolute atomic E-state index is 0.0558. The van der Waals surface area contributed by atoms with E-state index in [1.165, 1.54) is 17.2 Å². The fraction of sp³-hybridized carbons (Fsp3) is 0.381. The van der Waals surface area contributed by atoms with Crippen LogP contribution in [0, 0.1) is 6.92 Å². The summed E-state index contributed by atoms with van der Waals surface area (Å²) < 4.78 is 10.2. The summed E-state index contributed by atoms with van der Waals surface area (Å²) in [7, 11) is 1.56. The molecule has 28 heavy (non-hydrogen) atoms. The summed E-state index contributed by atoms with van der Waals surface area (Å²) in [5.74, 6) is -0.750. The second kappa shape index (κ2) is 8.19. The number of nitrogens with zero attached hydrogens (tertiary/aromatic N) is 1. The number of amides is 1. The molecule has 0 aliphatic heterocycles. The van der Waals surface area contributed by atoms with E-state index in [0.29, 0.717) is 29.2 Å². The molecule has 0 unspecified atom stereocenters. The number of carbonyl (C=O) groups excluding carboxylic acids is 3. The third-order valence-corrected chi connectivity index (χ3v) is 5.65. The zero-order chi connectivity index (χ0) is 20.3. The standard InChI is InChI=1S/C21H22ClNO5/c1-14-15(10-12-27-14)20(26)28-13-19(25)23(2)21(11-6-5-9-18(21)24)16-7-3-4-8-17(16)22/h3-4,7-8,10,12H,5-6,9,11,13H2,1-2H3/t21-/m0/s1. The number of esters is 1. The Balaban J connectivity index is 1.83. The summed E-state index contributed by atoms with van der Waals surface area (Å²) in [6, 6.07) is 8.55. The molecule has 1 aliphatic rings. The van der Waals surface area contributed by atoms with Crippen LogP contribution in [0.1, 0.15) is 47.4 Å². The minimum atomic E-state index is -1.15. The van der Waals surface area contributed by atoms with Crippen LogP contribution in [0.2, 0.25) is 5.02 Å². The Kier molecular flexibility index (Phi) is 5.89. The molecule has 6 nitrogen and oxygen atoms in total. The molecule has 1 atom stereocenters. The van der Waals surface area contributed by atoms with Crippen molar-refractivity contribution in [2.24, 2.45) is 0 Å². The molecule has 1 fully saturated rings. The van der Waals surface area contributed by atoms with Gasteiger partial charge in [0.15, 0.2) is 12.4 Å². The molecule has 7 heteroatoms. The first-order valence-corrected chi connectivity index (χ1v) is 9.52. The maximum Gasteiger partial charge on any atom is 0.342 e. The van der Waals surface area contributed by atoms with Crippen molar-refractivity contribution in [3.8, 4) is 0 Å². The average molecular weight is 404 g/mol. The van der Waals surface area contributed by atoms with Crippen LogP contribution < -0.4 is 0 Å². The van der Waals surface area contributed by atoms with Crippen LogP contribution in [0.4, 0.5) is 0 Å². The quantitative estimate of drug-likeness (QED) is 0.707. The van der Waals surface area contributed by atoms with E-state index < -0.39 is 24.0 Å². The number of halogens is 1. The maximum absolute atomic E-state index is 13.0. The van der Waals surface area contributed by atoms with Gasteiger partial charge in [-0.25, -0.2) is 4.79 Å². The molecule has 0 spiro atoms. The number of ketones is 1. The number of ether oxygens (including phenoxy) is 1. The third-order valence-electron chi connectivity index (χ3n) is 5.33. The molecule has 3 rings (SSSR count). The Morgan fingerprint density at radius 1 is 1.25 bits per heavy atom. The highest BCUT2D eigenvalue weighted by Gasteiger charge is 2.48. The van der Waals surface area contributed by atoms with Crippen molar-refractivity contribution in [1.29, 1.82) is 0 Å². The first-order valence-electron chi connectivity index (χ1n) is 9.14. The Bertz CT molecular complexity index is 906. The Labute approximate surface area is 168 Å². The van der Waals surface area contributed by atoms with E-state index in [1.807, 2.05) is 0 Å². The summed E-state index contributed by atoms with van der Waals surface area (Å²) in [6.45, 7) is 1.16. The zero-order valence-electron chi connectivity index (χ0n) is 15.9. The van der Waals surface area contributed by atoms with Gasteiger partial charge in [-0.1, -0.05) is 29.8 Å². The number of aryl methyl sites for hydroxylation is 1. The fourth-order valence-corrected chi connectivity index (χ4v) is 4.03. The van der Waals surface area contributed by atoms with Crippen LogP contribution in [-0.4, -0.2) is 36.2 Å². The molecule has 0 N–H and O–H groups in total. The van der Waals surface area contributed by atoms with Gasteiger partial charge in [-0.2, -0.15) is 0 Å². The molecule has 2 aromatic rings. The van der Waals surface area contributed by atoms with Gasteiger partial charge in [0, 0.05) is 24.1 Å². The summed E-state index contributed by atoms with van der Waals surface area (Å²) >= 11 is 6.39. The van der Waals surface area contributed by atoms with Crippen LogP contribution in [0.3, 0.4) is 0 Å². The normalized spacial score (nSPS) is 19.3. The molecule has 148 valence electrons. The van der Waals surface area contributed by atoms with E-state index in [2.05, 4.69) is 0 Å². The lowest BCUT2D eigenvalue weighted by molar-refractivity contribution is -0.150. The van der Waals surface area contributed by atoms with Crippen molar-refractivity contribution in [1.82, 2.24) is 4.90 Å². The fourth-order valence-electron chi connectivity index (χ4n) is 3.74. The number of hydrogen-bond acceptors (Lipinski definition) is 5. The number of benzene rings is 1. The van der Waals surface area contributed by atoms with Crippen molar-refractivity contribution in [3.63, 3.8) is 0 Å². The zero-order valence-corrected chi connectivity index (χ0v) is 16.6. The summed E-state index contributed by atoms with van der Waals surface area (Å²) in [6.07, 6.45) is 3.81. The first-order chi connectivity index (χ1) is 13.4. The molecular weight excluding hydrogens is 382 g/mol. The van der Waals surface area contributed by atoms with E-state index >= 15 is 0 Å². The highest BCUT2D eigenvalue weighted by atomic mass is 35.5. The minimum Gasteiger partial charge on any atom is -0.469 e. The largest absolute Gasteiger partial charge is 0.469 e. The van der Waals surface area contributed by atoms with Gasteiger partial charge in [0.1, 0.15) is 16.9 Å². The molecule has 1 aromatic heterocycles. The molecular formula is C21H22ClNO5. The number of likely N-dealkylation sites (N-methyl/N-ethyl adjacent to an activating group) is 1. The predicted molar refractivity (Wildman–Crippen MR) is 103 cm³/mol. The third kappa shape index (κ3) is 3.56. The van der Waals surface area contributed by atoms with Gasteiger partial charge in [-0.3, -0.25) is 9.59 Å². The number of hydrogen-bond donors (Lipinski definition) is 0. The Morgan fingerprint density at radius 3 is 2.64 bits per heavy atom. The van der Waals surface area contributed by atoms with Crippen molar-refractivity contribution in [3.05, 3.63) is 58.5 Å². The summed E-state index contributed by atoms with van der Waals surface area (Å²) in [5, 5.41) is 0.434. The van der Waals surface area contributed by atoms with Crippen molar-refractivity contribution >= 4 is 29.3 Å². The van der Waals surface area contributed by atoms with E-state index in [9.17, 15) is 14.4 Å². The average Bonchev–Trinajstić information content (AvgIpc) is 3.12. The number of Topliss-reactive ketones (excluding diaryl/α,β-unsaturated/α-hetero) is 1. The van der Waals surface area contributed by atoms with Crippen LogP contribution >= 0.6 is 11.6 Å². The first kappa shape index (κ1) is 20.1. The lowest BCUT2D eigenvalue weighted by Crippen LogP contribution is -2.55. The number of furan rings is 1. The molecule has 1 amide bonds. The second-order valence-electron chi connectivity index (χ2n) is 6.89. The second-order valence-corrected chi connectivity index (χ2v) is 7.30. The van der Waals surface area contributed by atoms with Crippen LogP contribution in [0.5, 0.6) is 0 Å². The van der Waals surface area contributed by atoms with Gasteiger partial charge < -0.3 is 14.1 Å². The van der Waals surface area contributed by atoms with Gasteiger partial charge in [0.05, 0.1) is 6.26 Å². The molecule has 1 saturated carbocycles. The number of carbonyl (C=O) groups is 3. The van der Waals surface area contributed by atoms with Gasteiger partial charge >= 0.3 is 5.97 Å². The Hall–Kier alpha value is -2.60. The predicted octanol–water partition coefficient (Wildman–Crippen LogP) is 3.90. The molecule has 0 radical (unpaired) electrons. The molecule has 1 heterocycles. The SMILES string of the molecule is Cc1occc1C(=O)OCC(=O)N(C)[C@]1(c2ccccc2Cl)CCCCC1=O. The highest BCUT2D eigenvalue weighted by molar-refractivity contribution is 6.31. The van der Waals surface area contributed by atoms with Crippen molar-refractivity contribution in [2.75, 3.05) is 13.7 Å². The summed E-state index contributed by atoms with van der Waals surface area (Å²) in [4.78, 5) is 39.4. The van der Waals surface area contributed by atoms with Crippen molar-refractivity contribution < 1.29 is 23.5 Å². The molecule has 0 bridgehead atoms. The number of rotatable bonds is 5. The van der Waals surface area contributed by atoms with Gasteiger partial charge in [0.2, 0.25) is 0 Å². The topological polar surface area (TPSA) is 76.8 Å². The van der Waals surface area contributed by atoms with E-state index in [1.54, 1.807) is 38.2 Å². The van der Waals surface area contributed by atoms with Crippen LogP contribution in [0.15, 0.2) is 41.0 Å². The van der Waals surface area contributed by atoms with E-state index in [0.717, 1.165) is 12.8 Å². The van der Waals surface area contributed by atoms with Crippen LogP contribution in [0.25, 0.3) is 0 Å². The lowest BCUT2D eigenvalue weighted by Gasteiger charge is -2.43. The smallest absolute Gasteiger partial charge is 0.342 e. The Morgan fingerprint density at radius 2 is 2.00 bits per heavy atom. The van der Waals surface area contributed by atoms with Gasteiger partial charge in [0.25, 0.3) is 5.91 Å². The molecule has 1 aromatic carbocycles. The van der Waals surface area contributed by atoms with Crippen LogP contribution in [-0.2, 0) is 19.9 Å². The van der Waals surface area contributed by atoms with Gasteiger partial charge in [-0.15, -0.1) is 0 Å². The van der Waals surface area contributed by atoms with E-state index in [-0.39, 0.29) is 11.3 Å². The maximum atomic E-state index is 13.0. The van der Waals surface area contributed by atoms with Gasteiger partial charge in [-0.05, 0) is 38.3 Å². The highest BCUT2D eigenvalue weighted by Crippen LogP contribution is 2.42. The molecule has 0 saturated heterocycles. The molecule has 1 aliphatic carbocycles. The summed E-state index contributed by atoms with van der Waals surface area (Å²) in [5.41, 5.74) is -0.273. The lowest BCUT2D eigenvalue weighted by atomic mass is 9.74. The van der Waals surface area contributed by atoms with E-state index in [4.69, 9.17) is 20.8 Å². The monoisotopic (exact) mass is 403 g/mol.